The van der Waals surface area contributed by atoms with Gasteiger partial charge in [0, 0.05) is 13.2 Å². The lowest BCUT2D eigenvalue weighted by Gasteiger charge is -2.11. The third-order valence-corrected chi connectivity index (χ3v) is 2.70. The first kappa shape index (κ1) is 9.05. The first-order valence-corrected chi connectivity index (χ1v) is 5.37. The molecule has 0 spiro atoms. The minimum absolute atomic E-state index is 0.433. The molecule has 13 heavy (non-hydrogen) atoms. The fourth-order valence-corrected chi connectivity index (χ4v) is 1.65. The fraction of sp³-hybridized carbons (Fsp3) is 0.444. The van der Waals surface area contributed by atoms with Crippen molar-refractivity contribution >= 4 is 28.3 Å². The van der Waals surface area contributed by atoms with Crippen LogP contribution in [0.3, 0.4) is 0 Å². The minimum atomic E-state index is 0.433. The molecule has 1 aromatic rings. The van der Waals surface area contributed by atoms with Gasteiger partial charge < -0.3 is 10.1 Å². The van der Waals surface area contributed by atoms with Crippen molar-refractivity contribution in [3.05, 3.63) is 16.0 Å². The van der Waals surface area contributed by atoms with Gasteiger partial charge in [0.1, 0.15) is 0 Å². The predicted octanol–water partition coefficient (Wildman–Crippen LogP) is 2.27. The molecule has 0 unspecified atom stereocenters. The molecular weight excluding hydrogens is 279 g/mol. The molecule has 0 amide bonds. The van der Waals surface area contributed by atoms with Gasteiger partial charge >= 0.3 is 0 Å². The van der Waals surface area contributed by atoms with Crippen LogP contribution in [0, 0.1) is 3.57 Å². The number of rotatable bonds is 3. The molecule has 0 aromatic carbocycles. The molecule has 70 valence electrons. The van der Waals surface area contributed by atoms with Crippen LogP contribution < -0.4 is 10.1 Å². The molecule has 1 aromatic heterocycles. The molecule has 1 N–H and O–H groups in total. The summed E-state index contributed by atoms with van der Waals surface area (Å²) in [6, 6.07) is 0. The Morgan fingerprint density at radius 3 is 2.92 bits per heavy atom. The summed E-state index contributed by atoms with van der Waals surface area (Å²) in [6.07, 6.45) is 6.41. The average molecular weight is 290 g/mol. The first-order valence-electron chi connectivity index (χ1n) is 4.29. The second kappa shape index (κ2) is 3.69. The van der Waals surface area contributed by atoms with Crippen LogP contribution in [0.4, 0.5) is 5.69 Å². The fourth-order valence-electron chi connectivity index (χ4n) is 1.07. The van der Waals surface area contributed by atoms with E-state index >= 15 is 0 Å². The van der Waals surface area contributed by atoms with Gasteiger partial charge in [-0.1, -0.05) is 0 Å². The molecule has 0 bridgehead atoms. The summed E-state index contributed by atoms with van der Waals surface area (Å²) in [4.78, 5) is 4.09. The van der Waals surface area contributed by atoms with Crippen molar-refractivity contribution < 1.29 is 4.74 Å². The van der Waals surface area contributed by atoms with E-state index in [9.17, 15) is 0 Å². The van der Waals surface area contributed by atoms with E-state index in [1.807, 2.05) is 13.2 Å². The maximum absolute atomic E-state index is 5.77. The highest BCUT2D eigenvalue weighted by atomic mass is 127. The Balaban J connectivity index is 2.27. The summed E-state index contributed by atoms with van der Waals surface area (Å²) in [5, 5.41) is 3.08. The Morgan fingerprint density at radius 1 is 1.54 bits per heavy atom. The molecule has 2 rings (SSSR count). The minimum Gasteiger partial charge on any atom is -0.487 e. The predicted molar refractivity (Wildman–Crippen MR) is 60.2 cm³/mol. The zero-order valence-corrected chi connectivity index (χ0v) is 9.54. The summed E-state index contributed by atoms with van der Waals surface area (Å²) in [6.45, 7) is 0. The number of halogens is 1. The van der Waals surface area contributed by atoms with Crippen LogP contribution in [0.25, 0.3) is 0 Å². The van der Waals surface area contributed by atoms with Gasteiger partial charge in [-0.3, -0.25) is 4.98 Å². The normalized spacial score (nSPS) is 15.5. The lowest BCUT2D eigenvalue weighted by molar-refractivity contribution is 0.302. The first-order chi connectivity index (χ1) is 6.31. The maximum atomic E-state index is 5.77. The van der Waals surface area contributed by atoms with Crippen molar-refractivity contribution in [3.63, 3.8) is 0 Å². The monoisotopic (exact) mass is 290 g/mol. The Morgan fingerprint density at radius 2 is 2.31 bits per heavy atom. The van der Waals surface area contributed by atoms with E-state index in [1.165, 1.54) is 12.8 Å². The van der Waals surface area contributed by atoms with E-state index < -0.39 is 0 Å². The summed E-state index contributed by atoms with van der Waals surface area (Å²) in [7, 11) is 1.88. The number of nitrogens with zero attached hydrogens (tertiary/aromatic N) is 1. The molecular formula is C9H11IN2O. The van der Waals surface area contributed by atoms with E-state index in [-0.39, 0.29) is 0 Å². The van der Waals surface area contributed by atoms with Crippen LogP contribution in [0.1, 0.15) is 12.8 Å². The number of aromatic nitrogens is 1. The van der Waals surface area contributed by atoms with Crippen molar-refractivity contribution in [2.24, 2.45) is 0 Å². The summed E-state index contributed by atoms with van der Waals surface area (Å²) in [5.41, 5.74) is 0.971. The number of nitrogens with one attached hydrogen (secondary N) is 1. The number of pyridine rings is 1. The van der Waals surface area contributed by atoms with E-state index in [1.54, 1.807) is 6.20 Å². The van der Waals surface area contributed by atoms with Crippen LogP contribution in [0.2, 0.25) is 0 Å². The third kappa shape index (κ3) is 2.04. The largest absolute Gasteiger partial charge is 0.487 e. The highest BCUT2D eigenvalue weighted by Gasteiger charge is 2.25. The molecule has 0 aliphatic heterocycles. The summed E-state index contributed by atoms with van der Waals surface area (Å²) in [5.74, 6) is 0.945. The van der Waals surface area contributed by atoms with E-state index in [0.29, 0.717) is 6.10 Å². The average Bonchev–Trinajstić information content (AvgIpc) is 2.92. The molecule has 3 nitrogen and oxygen atoms in total. The van der Waals surface area contributed by atoms with Crippen LogP contribution in [-0.4, -0.2) is 18.1 Å². The standard InChI is InChI=1S/C9H11IN2O/c1-11-8-5-12-4-7(10)9(8)13-6-2-3-6/h4-6,11H,2-3H2,1H3. The zero-order valence-electron chi connectivity index (χ0n) is 7.38. The summed E-state index contributed by atoms with van der Waals surface area (Å²) >= 11 is 2.24. The van der Waals surface area contributed by atoms with Crippen LogP contribution in [-0.2, 0) is 0 Å². The Bertz CT molecular complexity index is 312. The van der Waals surface area contributed by atoms with Gasteiger partial charge in [0.25, 0.3) is 0 Å². The van der Waals surface area contributed by atoms with Gasteiger partial charge in [-0.15, -0.1) is 0 Å². The topological polar surface area (TPSA) is 34.2 Å². The van der Waals surface area contributed by atoms with E-state index in [0.717, 1.165) is 15.0 Å². The van der Waals surface area contributed by atoms with E-state index in [4.69, 9.17) is 4.74 Å². The maximum Gasteiger partial charge on any atom is 0.159 e. The molecule has 0 radical (unpaired) electrons. The lowest BCUT2D eigenvalue weighted by atomic mass is 10.4. The van der Waals surface area contributed by atoms with Gasteiger partial charge in [0.2, 0.25) is 0 Å². The summed E-state index contributed by atoms with van der Waals surface area (Å²) < 4.78 is 6.83. The highest BCUT2D eigenvalue weighted by Crippen LogP contribution is 2.34. The van der Waals surface area contributed by atoms with Crippen molar-refractivity contribution in [1.82, 2.24) is 4.98 Å². The van der Waals surface area contributed by atoms with Crippen molar-refractivity contribution in [1.29, 1.82) is 0 Å². The SMILES string of the molecule is CNc1cncc(I)c1OC1CC1. The number of hydrogen-bond acceptors (Lipinski definition) is 3. The lowest BCUT2D eigenvalue weighted by Crippen LogP contribution is -2.02. The van der Waals surface area contributed by atoms with Crippen LogP contribution in [0.5, 0.6) is 5.75 Å². The molecule has 4 heteroatoms. The molecule has 1 aliphatic rings. The number of anilines is 1. The van der Waals surface area contributed by atoms with Gasteiger partial charge in [-0.25, -0.2) is 0 Å². The number of ether oxygens (including phenoxy) is 1. The Labute approximate surface area is 91.0 Å². The molecule has 0 saturated heterocycles. The second-order valence-electron chi connectivity index (χ2n) is 3.07. The molecule has 0 atom stereocenters. The van der Waals surface area contributed by atoms with Crippen molar-refractivity contribution in [2.75, 3.05) is 12.4 Å². The van der Waals surface area contributed by atoms with Crippen LogP contribution >= 0.6 is 22.6 Å². The molecule has 1 aliphatic carbocycles. The highest BCUT2D eigenvalue weighted by molar-refractivity contribution is 14.1. The van der Waals surface area contributed by atoms with Gasteiger partial charge in [-0.05, 0) is 35.4 Å². The second-order valence-corrected chi connectivity index (χ2v) is 4.23. The van der Waals surface area contributed by atoms with E-state index in [2.05, 4.69) is 32.9 Å². The molecule has 1 fully saturated rings. The zero-order chi connectivity index (χ0) is 9.26. The van der Waals surface area contributed by atoms with Crippen LogP contribution in [0.15, 0.2) is 12.4 Å². The Hall–Kier alpha value is -0.520. The van der Waals surface area contributed by atoms with Gasteiger partial charge in [-0.2, -0.15) is 0 Å². The molecule has 1 heterocycles. The van der Waals surface area contributed by atoms with Crippen molar-refractivity contribution in [2.45, 2.75) is 18.9 Å². The van der Waals surface area contributed by atoms with Crippen molar-refractivity contribution in [3.8, 4) is 5.75 Å². The smallest absolute Gasteiger partial charge is 0.159 e. The van der Waals surface area contributed by atoms with Gasteiger partial charge in [0.05, 0.1) is 21.6 Å². The third-order valence-electron chi connectivity index (χ3n) is 1.93. The quantitative estimate of drug-likeness (QED) is 0.867. The van der Waals surface area contributed by atoms with Gasteiger partial charge in [0.15, 0.2) is 5.75 Å². The Kier molecular flexibility index (Phi) is 2.57. The number of hydrogen-bond donors (Lipinski definition) is 1. The molecule has 1 saturated carbocycles.